The highest BCUT2D eigenvalue weighted by molar-refractivity contribution is 6.31. The second-order valence-corrected chi connectivity index (χ2v) is 6.17. The fourth-order valence-corrected chi connectivity index (χ4v) is 2.58. The third-order valence-corrected chi connectivity index (χ3v) is 4.13. The Morgan fingerprint density at radius 3 is 2.23 bits per heavy atom. The molecule has 2 N–H and O–H groups in total. The van der Waals surface area contributed by atoms with Crippen LogP contribution in [0.3, 0.4) is 0 Å². The summed E-state index contributed by atoms with van der Waals surface area (Å²) in [6.45, 7) is 3.82. The van der Waals surface area contributed by atoms with Gasteiger partial charge in [-0.1, -0.05) is 29.8 Å². The molecule has 0 fully saturated rings. The number of rotatable bonds is 5. The van der Waals surface area contributed by atoms with Crippen molar-refractivity contribution in [3.8, 4) is 0 Å². The number of aryl methyl sites for hydroxylation is 2. The van der Waals surface area contributed by atoms with Crippen LogP contribution in [-0.4, -0.2) is 14.9 Å². The molecule has 0 spiro atoms. The predicted octanol–water partition coefficient (Wildman–Crippen LogP) is 5.14. The number of hydrogen-bond donors (Lipinski definition) is 2. The van der Waals surface area contributed by atoms with Gasteiger partial charge in [-0.2, -0.15) is 0 Å². The zero-order chi connectivity index (χ0) is 18.7. The van der Waals surface area contributed by atoms with Crippen LogP contribution in [0, 0.1) is 24.0 Å². The van der Waals surface area contributed by atoms with Crippen LogP contribution in [0.25, 0.3) is 0 Å². The highest BCUT2D eigenvalue weighted by atomic mass is 35.5. The van der Waals surface area contributed by atoms with Gasteiger partial charge in [0.05, 0.1) is 4.92 Å². The Bertz CT molecular complexity index is 978. The van der Waals surface area contributed by atoms with Gasteiger partial charge in [0, 0.05) is 16.4 Å². The van der Waals surface area contributed by atoms with E-state index in [9.17, 15) is 10.1 Å². The SMILES string of the molecule is Cc1cccc(Nc2ncnc(Nc3ccc(C)c(Cl)c3)c2[N+](=O)[O-])c1. The lowest BCUT2D eigenvalue weighted by atomic mass is 10.2. The van der Waals surface area contributed by atoms with Crippen molar-refractivity contribution in [1.29, 1.82) is 0 Å². The highest BCUT2D eigenvalue weighted by Crippen LogP contribution is 2.33. The maximum Gasteiger partial charge on any atom is 0.353 e. The largest absolute Gasteiger partial charge is 0.353 e. The number of halogens is 1. The standard InChI is InChI=1S/C18H16ClN5O2/c1-11-4-3-5-13(8-11)22-17-16(24(25)26)18(21-10-20-17)23-14-7-6-12(2)15(19)9-14/h3-10H,1-2H3,(H2,20,21,22,23). The minimum Gasteiger partial charge on any atom is -0.334 e. The maximum atomic E-state index is 11.6. The summed E-state index contributed by atoms with van der Waals surface area (Å²) in [5.74, 6) is 0.191. The number of hydrogen-bond acceptors (Lipinski definition) is 6. The van der Waals surface area contributed by atoms with E-state index in [1.54, 1.807) is 12.1 Å². The molecular formula is C18H16ClN5O2. The second kappa shape index (κ2) is 7.37. The molecule has 132 valence electrons. The summed E-state index contributed by atoms with van der Waals surface area (Å²) in [5, 5.41) is 18.1. The fourth-order valence-electron chi connectivity index (χ4n) is 2.40. The first kappa shape index (κ1) is 17.6. The minimum absolute atomic E-state index is 0.0834. The van der Waals surface area contributed by atoms with Gasteiger partial charge >= 0.3 is 5.69 Å². The molecule has 2 aromatic carbocycles. The van der Waals surface area contributed by atoms with Crippen LogP contribution in [0.5, 0.6) is 0 Å². The van der Waals surface area contributed by atoms with Crippen LogP contribution < -0.4 is 10.6 Å². The first-order valence-electron chi connectivity index (χ1n) is 7.80. The Balaban J connectivity index is 1.98. The van der Waals surface area contributed by atoms with E-state index in [2.05, 4.69) is 20.6 Å². The van der Waals surface area contributed by atoms with E-state index in [0.29, 0.717) is 16.4 Å². The van der Waals surface area contributed by atoms with E-state index in [1.807, 2.05) is 44.2 Å². The Morgan fingerprint density at radius 1 is 1.00 bits per heavy atom. The summed E-state index contributed by atoms with van der Waals surface area (Å²) >= 11 is 6.12. The van der Waals surface area contributed by atoms with E-state index in [-0.39, 0.29) is 17.3 Å². The van der Waals surface area contributed by atoms with Gasteiger partial charge < -0.3 is 10.6 Å². The highest BCUT2D eigenvalue weighted by Gasteiger charge is 2.23. The van der Waals surface area contributed by atoms with Crippen molar-refractivity contribution < 1.29 is 4.92 Å². The molecule has 0 saturated heterocycles. The lowest BCUT2D eigenvalue weighted by Gasteiger charge is -2.11. The molecule has 0 amide bonds. The zero-order valence-corrected chi connectivity index (χ0v) is 14.9. The molecule has 0 aliphatic heterocycles. The normalized spacial score (nSPS) is 10.4. The van der Waals surface area contributed by atoms with E-state index in [4.69, 9.17) is 11.6 Å². The topological polar surface area (TPSA) is 93.0 Å². The Kier molecular flexibility index (Phi) is 4.99. The first-order valence-corrected chi connectivity index (χ1v) is 8.18. The van der Waals surface area contributed by atoms with E-state index >= 15 is 0 Å². The summed E-state index contributed by atoms with van der Waals surface area (Å²) in [5.41, 5.74) is 3.00. The number of nitrogens with one attached hydrogen (secondary N) is 2. The summed E-state index contributed by atoms with van der Waals surface area (Å²) < 4.78 is 0. The number of benzene rings is 2. The third kappa shape index (κ3) is 3.89. The molecule has 0 radical (unpaired) electrons. The molecule has 8 heteroatoms. The monoisotopic (exact) mass is 369 g/mol. The molecule has 1 heterocycles. The Hall–Kier alpha value is -3.19. The summed E-state index contributed by atoms with van der Waals surface area (Å²) in [6.07, 6.45) is 1.27. The number of aromatic nitrogens is 2. The molecule has 3 rings (SSSR count). The maximum absolute atomic E-state index is 11.6. The van der Waals surface area contributed by atoms with Crippen LogP contribution >= 0.6 is 11.6 Å². The van der Waals surface area contributed by atoms with Crippen LogP contribution in [-0.2, 0) is 0 Å². The molecule has 0 bridgehead atoms. The molecule has 0 unspecified atom stereocenters. The molecule has 1 aromatic heterocycles. The molecule has 0 aliphatic rings. The molecule has 0 aliphatic carbocycles. The number of anilines is 4. The lowest BCUT2D eigenvalue weighted by molar-refractivity contribution is -0.383. The van der Waals surface area contributed by atoms with E-state index in [0.717, 1.165) is 11.1 Å². The van der Waals surface area contributed by atoms with Crippen LogP contribution in [0.2, 0.25) is 5.02 Å². The van der Waals surface area contributed by atoms with Crippen molar-refractivity contribution in [2.45, 2.75) is 13.8 Å². The van der Waals surface area contributed by atoms with Gasteiger partial charge in [0.25, 0.3) is 0 Å². The van der Waals surface area contributed by atoms with Crippen LogP contribution in [0.4, 0.5) is 28.7 Å². The minimum atomic E-state index is -0.518. The Morgan fingerprint density at radius 2 is 1.65 bits per heavy atom. The molecule has 26 heavy (non-hydrogen) atoms. The van der Waals surface area contributed by atoms with Gasteiger partial charge in [-0.05, 0) is 49.2 Å². The van der Waals surface area contributed by atoms with Crippen molar-refractivity contribution in [1.82, 2.24) is 9.97 Å². The number of nitro groups is 1. The quantitative estimate of drug-likeness (QED) is 0.477. The van der Waals surface area contributed by atoms with Crippen molar-refractivity contribution in [2.24, 2.45) is 0 Å². The molecule has 7 nitrogen and oxygen atoms in total. The Labute approximate surface area is 155 Å². The van der Waals surface area contributed by atoms with Gasteiger partial charge in [-0.15, -0.1) is 0 Å². The van der Waals surface area contributed by atoms with E-state index in [1.165, 1.54) is 6.33 Å². The summed E-state index contributed by atoms with van der Waals surface area (Å²) in [4.78, 5) is 19.2. The van der Waals surface area contributed by atoms with Crippen molar-refractivity contribution in [2.75, 3.05) is 10.6 Å². The van der Waals surface area contributed by atoms with Crippen molar-refractivity contribution >= 4 is 40.3 Å². The average Bonchev–Trinajstić information content (AvgIpc) is 2.58. The van der Waals surface area contributed by atoms with Crippen LogP contribution in [0.1, 0.15) is 11.1 Å². The van der Waals surface area contributed by atoms with E-state index < -0.39 is 4.92 Å². The molecule has 3 aromatic rings. The van der Waals surface area contributed by atoms with Crippen molar-refractivity contribution in [3.63, 3.8) is 0 Å². The first-order chi connectivity index (χ1) is 12.4. The summed E-state index contributed by atoms with van der Waals surface area (Å²) in [6, 6.07) is 12.8. The average molecular weight is 370 g/mol. The lowest BCUT2D eigenvalue weighted by Crippen LogP contribution is -2.05. The smallest absolute Gasteiger partial charge is 0.334 e. The van der Waals surface area contributed by atoms with Gasteiger partial charge in [0.2, 0.25) is 11.6 Å². The second-order valence-electron chi connectivity index (χ2n) is 5.76. The van der Waals surface area contributed by atoms with Crippen LogP contribution in [0.15, 0.2) is 48.8 Å². The van der Waals surface area contributed by atoms with Gasteiger partial charge in [0.1, 0.15) is 6.33 Å². The van der Waals surface area contributed by atoms with Crippen molar-refractivity contribution in [3.05, 3.63) is 75.1 Å². The molecular weight excluding hydrogens is 354 g/mol. The summed E-state index contributed by atoms with van der Waals surface area (Å²) in [7, 11) is 0. The van der Waals surface area contributed by atoms with Gasteiger partial charge in [-0.25, -0.2) is 9.97 Å². The van der Waals surface area contributed by atoms with Gasteiger partial charge in [-0.3, -0.25) is 10.1 Å². The third-order valence-electron chi connectivity index (χ3n) is 3.72. The predicted molar refractivity (Wildman–Crippen MR) is 103 cm³/mol. The number of nitrogens with zero attached hydrogens (tertiary/aromatic N) is 3. The fraction of sp³-hybridized carbons (Fsp3) is 0.111. The van der Waals surface area contributed by atoms with Gasteiger partial charge in [0.15, 0.2) is 0 Å². The zero-order valence-electron chi connectivity index (χ0n) is 14.2. The molecule has 0 saturated carbocycles. The molecule has 0 atom stereocenters.